The maximum Gasteiger partial charge on any atom is 0.392 e. The smallest absolute Gasteiger partial charge is 0.341 e. The molecular weight excluding hydrogens is 295 g/mol. The molecule has 20 heavy (non-hydrogen) atoms. The average molecular weight is 316 g/mol. The first-order valence-electron chi connectivity index (χ1n) is 6.63. The van der Waals surface area contributed by atoms with Crippen LogP contribution in [0.1, 0.15) is 19.3 Å². The monoisotopic (exact) mass is 315 g/mol. The molecule has 2 amide bonds. The Hall–Kier alpha value is -0.690. The Bertz CT molecular complexity index is 345. The summed E-state index contributed by atoms with van der Waals surface area (Å²) >= 11 is 0. The van der Waals surface area contributed by atoms with Gasteiger partial charge in [-0.15, -0.1) is 12.4 Å². The van der Waals surface area contributed by atoms with Crippen molar-refractivity contribution in [3.63, 3.8) is 0 Å². The molecule has 4 nitrogen and oxygen atoms in total. The molecule has 2 aliphatic heterocycles. The number of urea groups is 1. The van der Waals surface area contributed by atoms with Gasteiger partial charge < -0.3 is 15.5 Å². The highest BCUT2D eigenvalue weighted by Gasteiger charge is 2.56. The zero-order chi connectivity index (χ0) is 14.1. The van der Waals surface area contributed by atoms with Gasteiger partial charge in [-0.25, -0.2) is 4.79 Å². The molecule has 2 saturated heterocycles. The second-order valence-corrected chi connectivity index (χ2v) is 5.47. The quantitative estimate of drug-likeness (QED) is 0.718. The third-order valence-electron chi connectivity index (χ3n) is 4.43. The second-order valence-electron chi connectivity index (χ2n) is 5.47. The van der Waals surface area contributed by atoms with Gasteiger partial charge in [-0.05, 0) is 32.4 Å². The van der Waals surface area contributed by atoms with Crippen molar-refractivity contribution in [1.29, 1.82) is 0 Å². The Balaban J connectivity index is 0.00000200. The van der Waals surface area contributed by atoms with Gasteiger partial charge in [0.05, 0.1) is 5.92 Å². The topological polar surface area (TPSA) is 44.4 Å². The lowest BCUT2D eigenvalue weighted by molar-refractivity contribution is -0.225. The molecule has 0 aromatic carbocycles. The number of halogens is 4. The minimum absolute atomic E-state index is 0. The predicted molar refractivity (Wildman–Crippen MR) is 72.0 cm³/mol. The molecule has 0 radical (unpaired) electrons. The lowest BCUT2D eigenvalue weighted by Gasteiger charge is -2.50. The number of likely N-dealkylation sites (tertiary alicyclic amines) is 1. The first-order chi connectivity index (χ1) is 8.89. The normalized spacial score (nSPS) is 26.0. The number of rotatable bonds is 0. The van der Waals surface area contributed by atoms with Crippen LogP contribution in [0.2, 0.25) is 0 Å². The molecule has 2 heterocycles. The van der Waals surface area contributed by atoms with Gasteiger partial charge in [0.15, 0.2) is 0 Å². The van der Waals surface area contributed by atoms with Crippen LogP contribution in [-0.4, -0.2) is 50.3 Å². The summed E-state index contributed by atoms with van der Waals surface area (Å²) in [4.78, 5) is 13.2. The van der Waals surface area contributed by atoms with Gasteiger partial charge in [0.2, 0.25) is 0 Å². The van der Waals surface area contributed by atoms with Crippen LogP contribution in [0, 0.1) is 11.3 Å². The van der Waals surface area contributed by atoms with E-state index in [2.05, 4.69) is 10.6 Å². The zero-order valence-electron chi connectivity index (χ0n) is 11.4. The number of hydrogen-bond donors (Lipinski definition) is 2. The molecule has 2 N–H and O–H groups in total. The molecule has 2 rings (SSSR count). The number of hydrogen-bond acceptors (Lipinski definition) is 2. The van der Waals surface area contributed by atoms with Crippen molar-refractivity contribution in [2.24, 2.45) is 11.3 Å². The van der Waals surface area contributed by atoms with Gasteiger partial charge in [-0.2, -0.15) is 13.2 Å². The molecule has 0 aliphatic carbocycles. The van der Waals surface area contributed by atoms with Gasteiger partial charge >= 0.3 is 12.2 Å². The number of carbonyl (C=O) groups excluding carboxylic acids is 1. The van der Waals surface area contributed by atoms with Crippen molar-refractivity contribution < 1.29 is 18.0 Å². The van der Waals surface area contributed by atoms with Gasteiger partial charge in [-0.1, -0.05) is 0 Å². The van der Waals surface area contributed by atoms with Crippen molar-refractivity contribution in [2.75, 3.05) is 33.2 Å². The minimum atomic E-state index is -4.17. The van der Waals surface area contributed by atoms with Gasteiger partial charge in [0, 0.05) is 25.6 Å². The first kappa shape index (κ1) is 17.4. The fourth-order valence-corrected chi connectivity index (χ4v) is 3.43. The summed E-state index contributed by atoms with van der Waals surface area (Å²) in [6.07, 6.45) is -3.21. The van der Waals surface area contributed by atoms with E-state index in [1.807, 2.05) is 0 Å². The van der Waals surface area contributed by atoms with Gasteiger partial charge in [-0.3, -0.25) is 0 Å². The summed E-state index contributed by atoms with van der Waals surface area (Å²) in [5.74, 6) is -1.29. The lowest BCUT2D eigenvalue weighted by Crippen LogP contribution is -2.59. The third kappa shape index (κ3) is 3.31. The molecule has 1 atom stereocenters. The molecule has 0 saturated carbocycles. The Morgan fingerprint density at radius 2 is 1.95 bits per heavy atom. The van der Waals surface area contributed by atoms with E-state index in [1.165, 1.54) is 11.9 Å². The lowest BCUT2D eigenvalue weighted by atomic mass is 9.65. The molecule has 1 spiro atoms. The van der Waals surface area contributed by atoms with Crippen LogP contribution in [0.5, 0.6) is 0 Å². The first-order valence-corrected chi connectivity index (χ1v) is 6.63. The van der Waals surface area contributed by atoms with E-state index in [0.717, 1.165) is 0 Å². The fourth-order valence-electron chi connectivity index (χ4n) is 3.43. The zero-order valence-corrected chi connectivity index (χ0v) is 12.2. The van der Waals surface area contributed by atoms with E-state index in [-0.39, 0.29) is 37.9 Å². The molecule has 118 valence electrons. The third-order valence-corrected chi connectivity index (χ3v) is 4.43. The van der Waals surface area contributed by atoms with Crippen LogP contribution in [0.4, 0.5) is 18.0 Å². The van der Waals surface area contributed by atoms with Crippen molar-refractivity contribution in [3.05, 3.63) is 0 Å². The van der Waals surface area contributed by atoms with Gasteiger partial charge in [0.25, 0.3) is 0 Å². The maximum absolute atomic E-state index is 13.2. The summed E-state index contributed by atoms with van der Waals surface area (Å²) in [5, 5.41) is 5.60. The Morgan fingerprint density at radius 1 is 1.35 bits per heavy atom. The van der Waals surface area contributed by atoms with Crippen LogP contribution in [0.3, 0.4) is 0 Å². The van der Waals surface area contributed by atoms with Crippen molar-refractivity contribution in [1.82, 2.24) is 15.5 Å². The van der Waals surface area contributed by atoms with Crippen LogP contribution in [0.25, 0.3) is 0 Å². The Labute approximate surface area is 122 Å². The molecule has 2 aliphatic rings. The Morgan fingerprint density at radius 3 is 2.45 bits per heavy atom. The van der Waals surface area contributed by atoms with Crippen LogP contribution < -0.4 is 10.6 Å². The van der Waals surface area contributed by atoms with Gasteiger partial charge in [0.1, 0.15) is 0 Å². The highest BCUT2D eigenvalue weighted by atomic mass is 35.5. The molecule has 0 aromatic heterocycles. The van der Waals surface area contributed by atoms with Crippen molar-refractivity contribution in [3.8, 4) is 0 Å². The number of nitrogens with one attached hydrogen (secondary N) is 2. The van der Waals surface area contributed by atoms with E-state index in [4.69, 9.17) is 0 Å². The highest BCUT2D eigenvalue weighted by molar-refractivity contribution is 5.85. The molecule has 0 aromatic rings. The van der Waals surface area contributed by atoms with Crippen molar-refractivity contribution >= 4 is 18.4 Å². The standard InChI is InChI=1S/C12H20F3N3O.ClH/c1-16-10(19)18-7-2-9(12(13,14)15)11(8-18)3-5-17-6-4-11;/h9,17H,2-8H2,1H3,(H,16,19);1H/t9-;/m1./s1. The summed E-state index contributed by atoms with van der Waals surface area (Å²) < 4.78 is 39.7. The predicted octanol–water partition coefficient (Wildman–Crippen LogP) is 2.00. The van der Waals surface area contributed by atoms with E-state index < -0.39 is 17.5 Å². The summed E-state index contributed by atoms with van der Waals surface area (Å²) in [6, 6.07) is -0.279. The number of piperidine rings is 2. The average Bonchev–Trinajstić information content (AvgIpc) is 2.37. The molecule has 2 fully saturated rings. The van der Waals surface area contributed by atoms with E-state index in [0.29, 0.717) is 25.9 Å². The van der Waals surface area contributed by atoms with E-state index >= 15 is 0 Å². The number of amides is 2. The van der Waals surface area contributed by atoms with E-state index in [9.17, 15) is 18.0 Å². The Kier molecular flexibility index (Phi) is 5.54. The summed E-state index contributed by atoms with van der Waals surface area (Å²) in [6.45, 7) is 1.57. The SMILES string of the molecule is CNC(=O)N1CC[C@@H](C(F)(F)F)C2(CCNCC2)C1.Cl. The molecule has 0 unspecified atom stereocenters. The fraction of sp³-hybridized carbons (Fsp3) is 0.917. The number of carbonyl (C=O) groups is 1. The van der Waals surface area contributed by atoms with Crippen molar-refractivity contribution in [2.45, 2.75) is 25.4 Å². The van der Waals surface area contributed by atoms with Crippen LogP contribution in [0.15, 0.2) is 0 Å². The number of nitrogens with zero attached hydrogens (tertiary/aromatic N) is 1. The van der Waals surface area contributed by atoms with E-state index in [1.54, 1.807) is 0 Å². The highest BCUT2D eigenvalue weighted by Crippen LogP contribution is 2.50. The molecule has 8 heteroatoms. The van der Waals surface area contributed by atoms with Crippen LogP contribution >= 0.6 is 12.4 Å². The summed E-state index contributed by atoms with van der Waals surface area (Å²) in [7, 11) is 1.51. The molecular formula is C12H21ClF3N3O. The molecule has 0 bridgehead atoms. The second kappa shape index (κ2) is 6.39. The summed E-state index contributed by atoms with van der Waals surface area (Å²) in [5.41, 5.74) is -0.811. The maximum atomic E-state index is 13.2. The largest absolute Gasteiger partial charge is 0.392 e. The van der Waals surface area contributed by atoms with Crippen LogP contribution in [-0.2, 0) is 0 Å². The number of alkyl halides is 3. The minimum Gasteiger partial charge on any atom is -0.341 e.